The van der Waals surface area contributed by atoms with Crippen LogP contribution in [0.5, 0.6) is 5.75 Å². The summed E-state index contributed by atoms with van der Waals surface area (Å²) >= 11 is 0. The van der Waals surface area contributed by atoms with Gasteiger partial charge >= 0.3 is 0 Å². The van der Waals surface area contributed by atoms with Crippen molar-refractivity contribution in [1.29, 1.82) is 0 Å². The van der Waals surface area contributed by atoms with Gasteiger partial charge in [-0.2, -0.15) is 0 Å². The largest absolute Gasteiger partial charge is 0.492 e. The zero-order valence-electron chi connectivity index (χ0n) is 20.3. The van der Waals surface area contributed by atoms with Gasteiger partial charge in [0.15, 0.2) is 0 Å². The van der Waals surface area contributed by atoms with Gasteiger partial charge in [-0.3, -0.25) is 9.80 Å². The van der Waals surface area contributed by atoms with Crippen LogP contribution in [0.15, 0.2) is 36.4 Å². The Labute approximate surface area is 205 Å². The number of halogens is 2. The van der Waals surface area contributed by atoms with Gasteiger partial charge in [-0.1, -0.05) is 18.2 Å². The number of aromatic amines is 1. The lowest BCUT2D eigenvalue weighted by Crippen LogP contribution is -2.71. The van der Waals surface area contributed by atoms with Crippen molar-refractivity contribution in [3.05, 3.63) is 64.9 Å². The number of ether oxygens (including phenoxy) is 1. The lowest BCUT2D eigenvalue weighted by atomic mass is 9.48. The molecule has 0 spiro atoms. The number of H-pyrrole nitrogens is 1. The zero-order chi connectivity index (χ0) is 23.7. The molecule has 3 saturated carbocycles. The number of nitrogens with one attached hydrogen (secondary N) is 1. The van der Waals surface area contributed by atoms with Gasteiger partial charge in [0.25, 0.3) is 0 Å². The van der Waals surface area contributed by atoms with Crippen molar-refractivity contribution in [3.63, 3.8) is 0 Å². The van der Waals surface area contributed by atoms with Crippen molar-refractivity contribution in [1.82, 2.24) is 14.8 Å². The maximum absolute atomic E-state index is 15.8. The summed E-state index contributed by atoms with van der Waals surface area (Å²) in [5, 5.41) is 1.17. The molecule has 0 unspecified atom stereocenters. The Hall–Kier alpha value is -2.44. The highest BCUT2D eigenvalue weighted by atomic mass is 19.1. The van der Waals surface area contributed by atoms with Gasteiger partial charge in [0.1, 0.15) is 24.0 Å². The van der Waals surface area contributed by atoms with E-state index in [0.717, 1.165) is 62.4 Å². The first-order valence-electron chi connectivity index (χ1n) is 13.2. The zero-order valence-corrected chi connectivity index (χ0v) is 20.3. The predicted octanol–water partition coefficient (Wildman–Crippen LogP) is 5.81. The number of para-hydroxylation sites is 1. The molecule has 4 nitrogen and oxygen atoms in total. The van der Waals surface area contributed by atoms with Crippen molar-refractivity contribution in [2.24, 2.45) is 5.92 Å². The van der Waals surface area contributed by atoms with E-state index in [1.165, 1.54) is 35.9 Å². The van der Waals surface area contributed by atoms with Crippen LogP contribution in [0.2, 0.25) is 0 Å². The SMILES string of the molecule is C[C@@H]1Cc2c([nH]c3ccccc23)[C@@H](c2c(F)cc(OCCN3CCCC3)cc2F)N1C12CC(C1)C2. The second kappa shape index (κ2) is 8.04. The van der Waals surface area contributed by atoms with Crippen LogP contribution >= 0.6 is 0 Å². The first-order chi connectivity index (χ1) is 17.0. The Kier molecular flexibility index (Phi) is 5.01. The first kappa shape index (κ1) is 21.8. The average molecular weight is 478 g/mol. The minimum Gasteiger partial charge on any atom is -0.492 e. The molecule has 5 aliphatic rings. The third kappa shape index (κ3) is 3.36. The van der Waals surface area contributed by atoms with Crippen molar-refractivity contribution in [2.45, 2.75) is 63.1 Å². The fourth-order valence-corrected chi connectivity index (χ4v) is 7.44. The van der Waals surface area contributed by atoms with E-state index < -0.39 is 17.7 Å². The van der Waals surface area contributed by atoms with Gasteiger partial charge in [0, 0.05) is 52.4 Å². The van der Waals surface area contributed by atoms with Gasteiger partial charge in [-0.05, 0) is 76.1 Å². The van der Waals surface area contributed by atoms with Crippen molar-refractivity contribution >= 4 is 10.9 Å². The second-order valence-electron chi connectivity index (χ2n) is 11.3. The summed E-state index contributed by atoms with van der Waals surface area (Å²) in [4.78, 5) is 8.36. The van der Waals surface area contributed by atoms with E-state index in [4.69, 9.17) is 4.74 Å². The van der Waals surface area contributed by atoms with Crippen LogP contribution in [-0.2, 0) is 6.42 Å². The molecule has 1 saturated heterocycles. The molecular formula is C29H33F2N3O. The van der Waals surface area contributed by atoms with Crippen molar-refractivity contribution in [3.8, 4) is 5.75 Å². The summed E-state index contributed by atoms with van der Waals surface area (Å²) in [7, 11) is 0. The summed E-state index contributed by atoms with van der Waals surface area (Å²) in [5.41, 5.74) is 3.42. The summed E-state index contributed by atoms with van der Waals surface area (Å²) in [6.45, 7) is 5.62. The number of aromatic nitrogens is 1. The molecule has 2 aromatic carbocycles. The third-order valence-electron chi connectivity index (χ3n) is 9.13. The molecule has 8 rings (SSSR count). The number of fused-ring (bicyclic) bond motifs is 3. The molecule has 184 valence electrons. The van der Waals surface area contributed by atoms with Gasteiger partial charge in [-0.25, -0.2) is 8.78 Å². The molecule has 1 N–H and O–H groups in total. The fraction of sp³-hybridized carbons (Fsp3) is 0.517. The van der Waals surface area contributed by atoms with E-state index in [0.29, 0.717) is 6.61 Å². The van der Waals surface area contributed by atoms with Crippen molar-refractivity contribution in [2.75, 3.05) is 26.2 Å². The highest BCUT2D eigenvalue weighted by molar-refractivity contribution is 5.85. The van der Waals surface area contributed by atoms with Gasteiger partial charge < -0.3 is 9.72 Å². The molecule has 3 aliphatic carbocycles. The van der Waals surface area contributed by atoms with E-state index in [1.807, 2.05) is 12.1 Å². The molecule has 2 bridgehead atoms. The minimum atomic E-state index is -0.513. The smallest absolute Gasteiger partial charge is 0.135 e. The minimum absolute atomic E-state index is 0.0769. The van der Waals surface area contributed by atoms with Crippen LogP contribution < -0.4 is 4.74 Å². The summed E-state index contributed by atoms with van der Waals surface area (Å²) in [6, 6.07) is 10.8. The van der Waals surface area contributed by atoms with Crippen LogP contribution in [0.3, 0.4) is 0 Å². The second-order valence-corrected chi connectivity index (χ2v) is 11.3. The highest BCUT2D eigenvalue weighted by Gasteiger charge is 2.63. The van der Waals surface area contributed by atoms with Gasteiger partial charge in [-0.15, -0.1) is 0 Å². The normalized spacial score (nSPS) is 30.2. The molecule has 6 heteroatoms. The van der Waals surface area contributed by atoms with Crippen LogP contribution in [-0.4, -0.2) is 52.6 Å². The Morgan fingerprint density at radius 2 is 1.77 bits per heavy atom. The number of rotatable bonds is 6. The number of hydrogen-bond acceptors (Lipinski definition) is 3. The molecule has 1 aromatic heterocycles. The van der Waals surface area contributed by atoms with Crippen LogP contribution in [0, 0.1) is 17.6 Å². The summed E-state index contributed by atoms with van der Waals surface area (Å²) in [5.74, 6) is 0.0386. The van der Waals surface area contributed by atoms with E-state index >= 15 is 8.78 Å². The van der Waals surface area contributed by atoms with Crippen LogP contribution in [0.4, 0.5) is 8.78 Å². The molecule has 2 atom stereocenters. The topological polar surface area (TPSA) is 31.5 Å². The maximum Gasteiger partial charge on any atom is 0.135 e. The Morgan fingerprint density at radius 3 is 2.46 bits per heavy atom. The maximum atomic E-state index is 15.8. The molecule has 3 aromatic rings. The van der Waals surface area contributed by atoms with Crippen LogP contribution in [0.25, 0.3) is 10.9 Å². The standard InChI is InChI=1S/C29H33F2N3O/c1-18-12-22-21-6-2-3-7-25(21)32-27(22)28(34(18)29-15-19(16-29)17-29)26-23(30)13-20(14-24(26)31)35-11-10-33-8-4-5-9-33/h2-3,6-7,13-14,18-19,28,32H,4-5,8-12,15-17H2,1H3/t18-,19?,28-,29?/m1/s1. The van der Waals surface area contributed by atoms with Gasteiger partial charge in [0.2, 0.25) is 0 Å². The third-order valence-corrected chi connectivity index (χ3v) is 9.13. The summed E-state index contributed by atoms with van der Waals surface area (Å²) in [6.07, 6.45) is 6.75. The average Bonchev–Trinajstić information content (AvgIpc) is 3.41. The fourth-order valence-electron chi connectivity index (χ4n) is 7.44. The number of likely N-dealkylation sites (tertiary alicyclic amines) is 1. The van der Waals surface area contributed by atoms with Gasteiger partial charge in [0.05, 0.1) is 6.04 Å². The molecule has 2 aliphatic heterocycles. The molecule has 3 heterocycles. The summed E-state index contributed by atoms with van der Waals surface area (Å²) < 4.78 is 37.5. The van der Waals surface area contributed by atoms with E-state index in [-0.39, 0.29) is 22.9 Å². The number of nitrogens with zero attached hydrogens (tertiary/aromatic N) is 2. The Balaban J connectivity index is 1.27. The lowest BCUT2D eigenvalue weighted by Gasteiger charge is -2.70. The first-order valence-corrected chi connectivity index (χ1v) is 13.2. The molecular weight excluding hydrogens is 444 g/mol. The van der Waals surface area contributed by atoms with Crippen LogP contribution in [0.1, 0.15) is 61.9 Å². The van der Waals surface area contributed by atoms with E-state index in [1.54, 1.807) is 0 Å². The monoisotopic (exact) mass is 477 g/mol. The number of benzene rings is 2. The van der Waals surface area contributed by atoms with Crippen molar-refractivity contribution < 1.29 is 13.5 Å². The quantitative estimate of drug-likeness (QED) is 0.486. The number of hydrogen-bond donors (Lipinski definition) is 1. The lowest BCUT2D eigenvalue weighted by molar-refractivity contribution is -0.174. The Bertz CT molecular complexity index is 1240. The molecule has 0 amide bonds. The predicted molar refractivity (Wildman–Crippen MR) is 133 cm³/mol. The van der Waals surface area contributed by atoms with E-state index in [9.17, 15) is 0 Å². The molecule has 0 radical (unpaired) electrons. The molecule has 35 heavy (non-hydrogen) atoms. The molecule has 4 fully saturated rings. The van der Waals surface area contributed by atoms with E-state index in [2.05, 4.69) is 33.8 Å². The highest BCUT2D eigenvalue weighted by Crippen LogP contribution is 2.64. The Morgan fingerprint density at radius 1 is 1.06 bits per heavy atom.